The van der Waals surface area contributed by atoms with Gasteiger partial charge in [-0.25, -0.2) is 9.97 Å². The highest BCUT2D eigenvalue weighted by molar-refractivity contribution is 6.33. The molecule has 2 aliphatic rings. The molecule has 19 heteroatoms. The summed E-state index contributed by atoms with van der Waals surface area (Å²) in [5.74, 6) is -1.11. The number of hydrogen-bond donors (Lipinski definition) is 5. The number of ether oxygens (including phenoxy) is 1. The molecule has 51 heavy (non-hydrogen) atoms. The van der Waals surface area contributed by atoms with Crippen LogP contribution in [0.2, 0.25) is 5.02 Å². The molecule has 270 valence electrons. The first-order valence-corrected chi connectivity index (χ1v) is 16.6. The number of carbonyl (C=O) groups is 3. The zero-order valence-electron chi connectivity index (χ0n) is 27.2. The highest BCUT2D eigenvalue weighted by Gasteiger charge is 2.40. The summed E-state index contributed by atoms with van der Waals surface area (Å²) in [6.07, 6.45) is -0.842. The molecule has 0 spiro atoms. The van der Waals surface area contributed by atoms with Crippen LogP contribution in [0.4, 0.5) is 13.2 Å². The first kappa shape index (κ1) is 35.7. The second kappa shape index (κ2) is 15.4. The Labute approximate surface area is 294 Å². The van der Waals surface area contributed by atoms with Gasteiger partial charge in [0.25, 0.3) is 11.8 Å². The second-order valence-corrected chi connectivity index (χ2v) is 12.4. The van der Waals surface area contributed by atoms with Gasteiger partial charge in [-0.05, 0) is 43.6 Å². The van der Waals surface area contributed by atoms with Crippen LogP contribution in [-0.2, 0) is 17.5 Å². The van der Waals surface area contributed by atoms with E-state index in [9.17, 15) is 27.6 Å². The zero-order valence-corrected chi connectivity index (χ0v) is 28.0. The molecule has 0 unspecified atom stereocenters. The van der Waals surface area contributed by atoms with Crippen molar-refractivity contribution < 1.29 is 32.3 Å². The number of nitrogens with one attached hydrogen (secondary N) is 4. The SMILES string of the molecule is NCCOc1ccnc(-c2[nH]nc(C(F)(F)F)c2-c2cnc(C(=O)NCc3ccc(C(=O)N4CCN(C(=O)C5CCNCC5)CC4)c(Cl)c3)[nH]2)n1. The Balaban J connectivity index is 1.09. The highest BCUT2D eigenvalue weighted by atomic mass is 35.5. The molecule has 0 atom stereocenters. The summed E-state index contributed by atoms with van der Waals surface area (Å²) >= 11 is 6.49. The Kier molecular flexibility index (Phi) is 10.8. The van der Waals surface area contributed by atoms with Crippen molar-refractivity contribution in [2.45, 2.75) is 25.6 Å². The van der Waals surface area contributed by atoms with Gasteiger partial charge in [0.1, 0.15) is 12.3 Å². The molecule has 15 nitrogen and oxygen atoms in total. The number of imidazole rings is 1. The first-order valence-electron chi connectivity index (χ1n) is 16.3. The van der Waals surface area contributed by atoms with Crippen molar-refractivity contribution >= 4 is 29.3 Å². The van der Waals surface area contributed by atoms with Crippen molar-refractivity contribution in [3.63, 3.8) is 0 Å². The van der Waals surface area contributed by atoms with E-state index in [1.165, 1.54) is 12.3 Å². The van der Waals surface area contributed by atoms with Gasteiger partial charge in [0.05, 0.1) is 28.0 Å². The molecule has 5 heterocycles. The second-order valence-electron chi connectivity index (χ2n) is 12.0. The number of nitrogens with zero attached hydrogens (tertiary/aromatic N) is 6. The number of aromatic nitrogens is 6. The maximum Gasteiger partial charge on any atom is 0.435 e. The van der Waals surface area contributed by atoms with Crippen molar-refractivity contribution in [3.05, 3.63) is 64.3 Å². The van der Waals surface area contributed by atoms with Crippen molar-refractivity contribution in [2.24, 2.45) is 11.7 Å². The monoisotopic (exact) mass is 729 g/mol. The number of nitrogens with two attached hydrogens (primary N) is 1. The minimum atomic E-state index is -4.86. The van der Waals surface area contributed by atoms with Gasteiger partial charge in [0.15, 0.2) is 17.3 Å². The number of H-pyrrole nitrogens is 2. The van der Waals surface area contributed by atoms with E-state index < -0.39 is 23.3 Å². The number of alkyl halides is 3. The smallest absolute Gasteiger partial charge is 0.435 e. The number of benzene rings is 1. The summed E-state index contributed by atoms with van der Waals surface area (Å²) in [4.78, 5) is 57.5. The Morgan fingerprint density at radius 2 is 1.80 bits per heavy atom. The average Bonchev–Trinajstić information content (AvgIpc) is 3.82. The van der Waals surface area contributed by atoms with Crippen LogP contribution in [0.5, 0.6) is 5.88 Å². The number of carbonyl (C=O) groups excluding carboxylic acids is 3. The number of piperidine rings is 1. The predicted octanol–water partition coefficient (Wildman–Crippen LogP) is 2.48. The minimum absolute atomic E-state index is 0.0172. The summed E-state index contributed by atoms with van der Waals surface area (Å²) in [6, 6.07) is 6.20. The Hall–Kier alpha value is -5.07. The van der Waals surface area contributed by atoms with Gasteiger partial charge in [-0.1, -0.05) is 17.7 Å². The zero-order chi connectivity index (χ0) is 36.1. The lowest BCUT2D eigenvalue weighted by Gasteiger charge is -2.37. The molecule has 2 saturated heterocycles. The van der Waals surface area contributed by atoms with Gasteiger partial charge < -0.3 is 35.9 Å². The van der Waals surface area contributed by atoms with Crippen molar-refractivity contribution in [2.75, 3.05) is 52.4 Å². The lowest BCUT2D eigenvalue weighted by molar-refractivity contribution is -0.140. The first-order chi connectivity index (χ1) is 24.5. The van der Waals surface area contributed by atoms with E-state index in [0.717, 1.165) is 32.1 Å². The molecule has 4 aromatic rings. The van der Waals surface area contributed by atoms with E-state index in [-0.39, 0.29) is 76.9 Å². The van der Waals surface area contributed by atoms with Gasteiger partial charge in [-0.15, -0.1) is 0 Å². The van der Waals surface area contributed by atoms with Crippen LogP contribution in [0.15, 0.2) is 36.7 Å². The summed E-state index contributed by atoms with van der Waals surface area (Å²) in [5.41, 5.74) is 4.28. The molecule has 0 bridgehead atoms. The third kappa shape index (κ3) is 8.13. The summed E-state index contributed by atoms with van der Waals surface area (Å²) in [6.45, 7) is 3.66. The maximum atomic E-state index is 14.0. The van der Waals surface area contributed by atoms with Gasteiger partial charge in [0.2, 0.25) is 11.8 Å². The van der Waals surface area contributed by atoms with Crippen LogP contribution < -0.4 is 21.1 Å². The third-order valence-corrected chi connectivity index (χ3v) is 8.91. The summed E-state index contributed by atoms with van der Waals surface area (Å²) < 4.78 is 47.3. The summed E-state index contributed by atoms with van der Waals surface area (Å²) in [7, 11) is 0. The number of piperazine rings is 1. The molecule has 3 amide bonds. The Morgan fingerprint density at radius 1 is 1.06 bits per heavy atom. The fraction of sp³-hybridized carbons (Fsp3) is 0.406. The minimum Gasteiger partial charge on any atom is -0.476 e. The van der Waals surface area contributed by atoms with Crippen LogP contribution in [0.3, 0.4) is 0 Å². The third-order valence-electron chi connectivity index (χ3n) is 8.60. The number of halogens is 4. The van der Waals surface area contributed by atoms with E-state index >= 15 is 0 Å². The Bertz CT molecular complexity index is 1890. The molecule has 3 aromatic heterocycles. The van der Waals surface area contributed by atoms with Gasteiger partial charge in [-0.2, -0.15) is 23.3 Å². The van der Waals surface area contributed by atoms with Crippen LogP contribution in [0.1, 0.15) is 45.1 Å². The molecule has 6 rings (SSSR count). The number of rotatable bonds is 10. The van der Waals surface area contributed by atoms with Crippen molar-refractivity contribution in [1.82, 2.24) is 50.6 Å². The average molecular weight is 730 g/mol. The van der Waals surface area contributed by atoms with E-state index in [1.807, 2.05) is 4.90 Å². The lowest BCUT2D eigenvalue weighted by Crippen LogP contribution is -2.52. The van der Waals surface area contributed by atoms with E-state index in [1.54, 1.807) is 23.1 Å². The Morgan fingerprint density at radius 3 is 2.51 bits per heavy atom. The quantitative estimate of drug-likeness (QED) is 0.162. The van der Waals surface area contributed by atoms with Crippen LogP contribution >= 0.6 is 11.6 Å². The lowest BCUT2D eigenvalue weighted by atomic mass is 9.96. The molecule has 2 aliphatic heterocycles. The van der Waals surface area contributed by atoms with E-state index in [4.69, 9.17) is 22.1 Å². The van der Waals surface area contributed by atoms with E-state index in [0.29, 0.717) is 31.7 Å². The van der Waals surface area contributed by atoms with Gasteiger partial charge >= 0.3 is 6.18 Å². The normalized spacial score (nSPS) is 15.5. The van der Waals surface area contributed by atoms with Crippen molar-refractivity contribution in [1.29, 1.82) is 0 Å². The molecule has 2 fully saturated rings. The van der Waals surface area contributed by atoms with Crippen LogP contribution in [0, 0.1) is 5.92 Å². The van der Waals surface area contributed by atoms with E-state index in [2.05, 4.69) is 40.8 Å². The van der Waals surface area contributed by atoms with Crippen molar-refractivity contribution in [3.8, 4) is 28.7 Å². The molecule has 1 aromatic carbocycles. The summed E-state index contributed by atoms with van der Waals surface area (Å²) in [5, 5.41) is 11.9. The van der Waals surface area contributed by atoms with Gasteiger partial charge in [-0.3, -0.25) is 19.5 Å². The topological polar surface area (TPSA) is 200 Å². The standard InChI is InChI=1S/C32H35ClF3N11O4/c33-21-15-18(1-2-20(21)31(50)47-12-10-46(11-13-47)30(49)19-3-7-38-8-4-19)16-41-29(48)28-40-17-22(42-28)24-25(44-45-26(24)32(34,35)36)27-39-9-5-23(43-27)51-14-6-37/h1-2,5,9,15,17,19,38H,3-4,6-8,10-14,16,37H2,(H,40,42)(H,41,48)(H,44,45). The number of aromatic amines is 2. The number of amides is 3. The molecular formula is C32H35ClF3N11O4. The molecule has 0 aliphatic carbocycles. The molecular weight excluding hydrogens is 695 g/mol. The predicted molar refractivity (Wildman–Crippen MR) is 177 cm³/mol. The molecule has 6 N–H and O–H groups in total. The number of hydrogen-bond acceptors (Lipinski definition) is 10. The van der Waals surface area contributed by atoms with Crippen LogP contribution in [-0.4, -0.2) is 110 Å². The molecule has 0 radical (unpaired) electrons. The molecule has 0 saturated carbocycles. The largest absolute Gasteiger partial charge is 0.476 e. The fourth-order valence-corrected chi connectivity index (χ4v) is 6.26. The maximum absolute atomic E-state index is 14.0. The highest BCUT2D eigenvalue weighted by Crippen LogP contribution is 2.40. The van der Waals surface area contributed by atoms with Crippen LogP contribution in [0.25, 0.3) is 22.8 Å². The van der Waals surface area contributed by atoms with Gasteiger partial charge in [0, 0.05) is 57.4 Å². The fourth-order valence-electron chi connectivity index (χ4n) is 5.98.